The van der Waals surface area contributed by atoms with Gasteiger partial charge in [-0.15, -0.1) is 23.1 Å². The third-order valence-electron chi connectivity index (χ3n) is 3.61. The Morgan fingerprint density at radius 2 is 2.04 bits per heavy atom. The predicted molar refractivity (Wildman–Crippen MR) is 117 cm³/mol. The number of thiocarbonyl (C=S) groups is 1. The van der Waals surface area contributed by atoms with Gasteiger partial charge in [-0.25, -0.2) is 0 Å². The molecular weight excluding hydrogens is 404 g/mol. The maximum Gasteiger partial charge on any atom is 0.174 e. The van der Waals surface area contributed by atoms with Crippen molar-refractivity contribution < 1.29 is 5.11 Å². The van der Waals surface area contributed by atoms with Crippen LogP contribution in [0.15, 0.2) is 36.4 Å². The summed E-state index contributed by atoms with van der Waals surface area (Å²) in [6.45, 7) is 4.27. The molecule has 0 amide bonds. The Hall–Kier alpha value is -1.23. The molecule has 1 aliphatic heterocycles. The summed E-state index contributed by atoms with van der Waals surface area (Å²) in [6, 6.07) is 11.6. The van der Waals surface area contributed by atoms with Crippen LogP contribution in [-0.4, -0.2) is 33.0 Å². The first-order chi connectivity index (χ1) is 12.3. The van der Waals surface area contributed by atoms with Crippen molar-refractivity contribution in [3.63, 3.8) is 0 Å². The number of halogens is 1. The topological polar surface area (TPSA) is 35.5 Å². The molecule has 3 nitrogen and oxygen atoms in total. The van der Waals surface area contributed by atoms with Crippen molar-refractivity contribution in [2.45, 2.75) is 24.8 Å². The second kappa shape index (κ2) is 8.20. The minimum absolute atomic E-state index is 0.185. The van der Waals surface area contributed by atoms with Crippen LogP contribution < -0.4 is 5.32 Å². The van der Waals surface area contributed by atoms with Gasteiger partial charge in [0.25, 0.3) is 0 Å². The van der Waals surface area contributed by atoms with Gasteiger partial charge in [0.05, 0.1) is 4.88 Å². The molecule has 26 heavy (non-hydrogen) atoms. The third-order valence-corrected chi connectivity index (χ3v) is 6.64. The molecule has 0 bridgehead atoms. The van der Waals surface area contributed by atoms with Crippen molar-refractivity contribution >= 4 is 57.7 Å². The van der Waals surface area contributed by atoms with Crippen LogP contribution in [0.2, 0.25) is 5.02 Å². The van der Waals surface area contributed by atoms with Crippen molar-refractivity contribution in [3.8, 4) is 11.8 Å². The average molecular weight is 423 g/mol. The number of aliphatic hydroxyl groups is 1. The van der Waals surface area contributed by atoms with E-state index in [-0.39, 0.29) is 5.37 Å². The van der Waals surface area contributed by atoms with Gasteiger partial charge >= 0.3 is 0 Å². The van der Waals surface area contributed by atoms with E-state index in [1.807, 2.05) is 42.1 Å². The van der Waals surface area contributed by atoms with E-state index >= 15 is 0 Å². The molecule has 1 aromatic carbocycles. The summed E-state index contributed by atoms with van der Waals surface area (Å²) in [6.07, 6.45) is 0. The Morgan fingerprint density at radius 3 is 2.73 bits per heavy atom. The van der Waals surface area contributed by atoms with Gasteiger partial charge in [-0.05, 0) is 62.5 Å². The van der Waals surface area contributed by atoms with E-state index in [9.17, 15) is 5.11 Å². The van der Waals surface area contributed by atoms with Gasteiger partial charge in [0.2, 0.25) is 0 Å². The fourth-order valence-corrected chi connectivity index (χ4v) is 5.28. The van der Waals surface area contributed by atoms with Crippen molar-refractivity contribution in [2.75, 3.05) is 17.6 Å². The number of nitrogens with one attached hydrogen (secondary N) is 1. The molecule has 0 aliphatic carbocycles. The molecule has 0 saturated carbocycles. The zero-order chi connectivity index (χ0) is 18.7. The van der Waals surface area contributed by atoms with Crippen LogP contribution in [0.5, 0.6) is 0 Å². The number of thioether (sulfide) groups is 1. The van der Waals surface area contributed by atoms with Crippen molar-refractivity contribution in [1.29, 1.82) is 0 Å². The number of rotatable bonds is 2. The SMILES string of the molecule is CC(C)(O)C#Cc1ccc([C@H]2SCCN2C(=S)Nc2ccc(Cl)cc2)s1. The molecule has 1 fully saturated rings. The minimum Gasteiger partial charge on any atom is -0.378 e. The number of anilines is 1. The minimum atomic E-state index is -0.984. The fourth-order valence-electron chi connectivity index (χ4n) is 2.41. The van der Waals surface area contributed by atoms with E-state index in [0.29, 0.717) is 10.1 Å². The van der Waals surface area contributed by atoms with E-state index in [2.05, 4.69) is 28.1 Å². The summed E-state index contributed by atoms with van der Waals surface area (Å²) in [4.78, 5) is 4.37. The number of nitrogens with zero attached hydrogens (tertiary/aromatic N) is 1. The highest BCUT2D eigenvalue weighted by Gasteiger charge is 2.29. The normalized spacial score (nSPS) is 16.9. The average Bonchev–Trinajstić information content (AvgIpc) is 3.23. The molecule has 0 unspecified atom stereocenters. The van der Waals surface area contributed by atoms with Gasteiger partial charge < -0.3 is 15.3 Å². The first-order valence-corrected chi connectivity index (χ1v) is 10.8. The van der Waals surface area contributed by atoms with Gasteiger partial charge in [0.1, 0.15) is 11.0 Å². The fraction of sp³-hybridized carbons (Fsp3) is 0.316. The molecule has 1 saturated heterocycles. The maximum absolute atomic E-state index is 9.75. The molecule has 1 aliphatic rings. The molecule has 2 heterocycles. The second-order valence-electron chi connectivity index (χ2n) is 6.36. The lowest BCUT2D eigenvalue weighted by Gasteiger charge is -2.26. The van der Waals surface area contributed by atoms with Crippen LogP contribution in [0, 0.1) is 11.8 Å². The molecular formula is C19H19ClN2OS3. The van der Waals surface area contributed by atoms with E-state index in [1.54, 1.807) is 25.2 Å². The van der Waals surface area contributed by atoms with Crippen molar-refractivity contribution in [3.05, 3.63) is 51.2 Å². The van der Waals surface area contributed by atoms with E-state index in [0.717, 1.165) is 22.9 Å². The summed E-state index contributed by atoms with van der Waals surface area (Å²) in [5.41, 5.74) is -0.0551. The van der Waals surface area contributed by atoms with Crippen LogP contribution in [0.25, 0.3) is 0 Å². The highest BCUT2D eigenvalue weighted by molar-refractivity contribution is 7.99. The van der Waals surface area contributed by atoms with Crippen LogP contribution in [0.4, 0.5) is 5.69 Å². The van der Waals surface area contributed by atoms with E-state index < -0.39 is 5.60 Å². The molecule has 2 aromatic rings. The number of hydrogen-bond acceptors (Lipinski definition) is 4. The highest BCUT2D eigenvalue weighted by atomic mass is 35.5. The summed E-state index contributed by atoms with van der Waals surface area (Å²) < 4.78 is 0. The lowest BCUT2D eigenvalue weighted by atomic mass is 10.1. The van der Waals surface area contributed by atoms with Crippen molar-refractivity contribution in [2.24, 2.45) is 0 Å². The summed E-state index contributed by atoms with van der Waals surface area (Å²) in [7, 11) is 0. The molecule has 1 atom stereocenters. The third kappa shape index (κ3) is 5.15. The van der Waals surface area contributed by atoms with Crippen LogP contribution in [-0.2, 0) is 0 Å². The quantitative estimate of drug-likeness (QED) is 0.527. The van der Waals surface area contributed by atoms with Gasteiger partial charge in [0.15, 0.2) is 5.11 Å². The smallest absolute Gasteiger partial charge is 0.174 e. The summed E-state index contributed by atoms with van der Waals surface area (Å²) in [5, 5.41) is 14.6. The number of thiophene rings is 1. The summed E-state index contributed by atoms with van der Waals surface area (Å²) in [5.74, 6) is 6.93. The van der Waals surface area contributed by atoms with Gasteiger partial charge in [0, 0.05) is 27.9 Å². The zero-order valence-electron chi connectivity index (χ0n) is 14.5. The Morgan fingerprint density at radius 1 is 1.31 bits per heavy atom. The van der Waals surface area contributed by atoms with Gasteiger partial charge in [-0.2, -0.15) is 0 Å². The molecule has 7 heteroatoms. The molecule has 0 spiro atoms. The Balaban J connectivity index is 1.71. The summed E-state index contributed by atoms with van der Waals surface area (Å²) >= 11 is 15.1. The number of hydrogen-bond donors (Lipinski definition) is 2. The standard InChI is InChI=1S/C19H19ClN2OS3/c1-19(2,23)10-9-15-7-8-16(26-15)17-22(11-12-25-17)18(24)21-14-5-3-13(20)4-6-14/h3-8,17,23H,11-12H2,1-2H3,(H,21,24)/t17-/m1/s1. The van der Waals surface area contributed by atoms with Crippen molar-refractivity contribution in [1.82, 2.24) is 4.90 Å². The van der Waals surface area contributed by atoms with Gasteiger partial charge in [-0.1, -0.05) is 23.4 Å². The number of benzene rings is 1. The lowest BCUT2D eigenvalue weighted by Crippen LogP contribution is -2.33. The lowest BCUT2D eigenvalue weighted by molar-refractivity contribution is 0.143. The maximum atomic E-state index is 9.75. The molecule has 0 radical (unpaired) electrons. The predicted octanol–water partition coefficient (Wildman–Crippen LogP) is 4.97. The van der Waals surface area contributed by atoms with Crippen LogP contribution >= 0.6 is 46.9 Å². The molecule has 136 valence electrons. The first-order valence-electron chi connectivity index (χ1n) is 8.12. The Bertz CT molecular complexity index is 846. The highest BCUT2D eigenvalue weighted by Crippen LogP contribution is 2.41. The van der Waals surface area contributed by atoms with Gasteiger partial charge in [-0.3, -0.25) is 0 Å². The van der Waals surface area contributed by atoms with Crippen LogP contribution in [0.3, 0.4) is 0 Å². The molecule has 3 rings (SSSR count). The molecule has 1 aromatic heterocycles. The monoisotopic (exact) mass is 422 g/mol. The van der Waals surface area contributed by atoms with Crippen LogP contribution in [0.1, 0.15) is 29.0 Å². The first kappa shape index (κ1) is 19.5. The van der Waals surface area contributed by atoms with E-state index in [4.69, 9.17) is 23.8 Å². The van der Waals surface area contributed by atoms with E-state index in [1.165, 1.54) is 4.88 Å². The second-order valence-corrected chi connectivity index (χ2v) is 9.49. The largest absolute Gasteiger partial charge is 0.378 e. The zero-order valence-corrected chi connectivity index (χ0v) is 17.7. The Kier molecular flexibility index (Phi) is 6.16. The molecule has 2 N–H and O–H groups in total. The Labute approximate surface area is 172 Å².